The summed E-state index contributed by atoms with van der Waals surface area (Å²) in [7, 11) is 2.02. The summed E-state index contributed by atoms with van der Waals surface area (Å²) < 4.78 is 2.09. The number of aryl methyl sites for hydroxylation is 2. The van der Waals surface area contributed by atoms with Crippen LogP contribution >= 0.6 is 11.3 Å². The molecule has 1 unspecified atom stereocenters. The molecule has 24 heavy (non-hydrogen) atoms. The Kier molecular flexibility index (Phi) is 4.73. The van der Waals surface area contributed by atoms with Crippen molar-refractivity contribution in [3.05, 3.63) is 58.4 Å². The van der Waals surface area contributed by atoms with Gasteiger partial charge in [-0.05, 0) is 36.4 Å². The first-order valence-electron chi connectivity index (χ1n) is 8.03. The van der Waals surface area contributed by atoms with E-state index in [0.717, 1.165) is 4.88 Å². The summed E-state index contributed by atoms with van der Waals surface area (Å²) in [6.07, 6.45) is 3.18. The van der Waals surface area contributed by atoms with Crippen molar-refractivity contribution in [3.8, 4) is 0 Å². The number of thiophene rings is 1. The van der Waals surface area contributed by atoms with Gasteiger partial charge in [0, 0.05) is 35.4 Å². The number of nitrogens with one attached hydrogen (secondary N) is 1. The summed E-state index contributed by atoms with van der Waals surface area (Å²) in [5.41, 5.74) is 1.32. The van der Waals surface area contributed by atoms with E-state index in [9.17, 15) is 9.90 Å². The van der Waals surface area contributed by atoms with Gasteiger partial charge in [-0.1, -0.05) is 24.3 Å². The normalized spacial score (nSPS) is 13.8. The molecule has 0 bridgehead atoms. The first-order valence-corrected chi connectivity index (χ1v) is 8.91. The fraction of sp³-hybridized carbons (Fsp3) is 0.316. The highest BCUT2D eigenvalue weighted by molar-refractivity contribution is 7.10. The quantitative estimate of drug-likeness (QED) is 0.723. The van der Waals surface area contributed by atoms with Gasteiger partial charge in [-0.3, -0.25) is 4.79 Å². The second-order valence-electron chi connectivity index (χ2n) is 6.31. The van der Waals surface area contributed by atoms with Gasteiger partial charge in [-0.2, -0.15) is 0 Å². The number of aromatic nitrogens is 1. The van der Waals surface area contributed by atoms with Crippen LogP contribution in [-0.4, -0.2) is 22.1 Å². The Balaban J connectivity index is 1.58. The van der Waals surface area contributed by atoms with E-state index < -0.39 is 5.60 Å². The number of carbonyl (C=O) groups is 1. The van der Waals surface area contributed by atoms with E-state index in [0.29, 0.717) is 12.8 Å². The lowest BCUT2D eigenvalue weighted by Crippen LogP contribution is -2.38. The average molecular weight is 342 g/mol. The summed E-state index contributed by atoms with van der Waals surface area (Å²) in [6.45, 7) is 1.95. The van der Waals surface area contributed by atoms with Gasteiger partial charge in [-0.15, -0.1) is 11.3 Å². The van der Waals surface area contributed by atoms with Crippen molar-refractivity contribution in [3.63, 3.8) is 0 Å². The number of fused-ring (bicyclic) bond motifs is 1. The van der Waals surface area contributed by atoms with E-state index in [2.05, 4.69) is 28.2 Å². The number of hydrogen-bond acceptors (Lipinski definition) is 3. The summed E-state index contributed by atoms with van der Waals surface area (Å²) in [4.78, 5) is 13.0. The van der Waals surface area contributed by atoms with Crippen LogP contribution in [0.3, 0.4) is 0 Å². The molecular weight excluding hydrogens is 320 g/mol. The first kappa shape index (κ1) is 16.7. The van der Waals surface area contributed by atoms with Crippen molar-refractivity contribution in [1.29, 1.82) is 0 Å². The van der Waals surface area contributed by atoms with Crippen LogP contribution in [0.15, 0.2) is 48.0 Å². The van der Waals surface area contributed by atoms with E-state index in [-0.39, 0.29) is 12.5 Å². The van der Waals surface area contributed by atoms with Crippen molar-refractivity contribution < 1.29 is 9.90 Å². The van der Waals surface area contributed by atoms with Crippen molar-refractivity contribution >= 4 is 28.1 Å². The van der Waals surface area contributed by atoms with Crippen LogP contribution < -0.4 is 5.32 Å². The van der Waals surface area contributed by atoms with Gasteiger partial charge < -0.3 is 15.0 Å². The summed E-state index contributed by atoms with van der Waals surface area (Å²) in [5.74, 6) is -0.0419. The highest BCUT2D eigenvalue weighted by atomic mass is 32.1. The molecule has 1 aromatic carbocycles. The molecule has 4 nitrogen and oxygen atoms in total. The van der Waals surface area contributed by atoms with E-state index in [1.807, 2.05) is 36.7 Å². The maximum atomic E-state index is 12.1. The van der Waals surface area contributed by atoms with Crippen LogP contribution in [0.5, 0.6) is 0 Å². The van der Waals surface area contributed by atoms with Crippen molar-refractivity contribution in [2.24, 2.45) is 7.05 Å². The third-order valence-corrected chi connectivity index (χ3v) is 5.41. The number of nitrogens with zero attached hydrogens (tertiary/aromatic N) is 1. The molecule has 0 radical (unpaired) electrons. The van der Waals surface area contributed by atoms with Gasteiger partial charge in [-0.25, -0.2) is 0 Å². The van der Waals surface area contributed by atoms with Gasteiger partial charge in [0.1, 0.15) is 5.60 Å². The van der Waals surface area contributed by atoms with Gasteiger partial charge in [0.15, 0.2) is 0 Å². The lowest BCUT2D eigenvalue weighted by Gasteiger charge is -2.22. The summed E-state index contributed by atoms with van der Waals surface area (Å²) in [5, 5.41) is 16.4. The molecule has 0 fully saturated rings. The predicted molar refractivity (Wildman–Crippen MR) is 98.1 cm³/mol. The Hall–Kier alpha value is -2.11. The first-order chi connectivity index (χ1) is 11.5. The number of rotatable bonds is 6. The second kappa shape index (κ2) is 6.79. The molecule has 0 saturated heterocycles. The van der Waals surface area contributed by atoms with E-state index >= 15 is 0 Å². The van der Waals surface area contributed by atoms with Gasteiger partial charge in [0.25, 0.3) is 0 Å². The highest BCUT2D eigenvalue weighted by Crippen LogP contribution is 2.24. The molecule has 0 saturated carbocycles. The third kappa shape index (κ3) is 3.52. The van der Waals surface area contributed by atoms with Crippen molar-refractivity contribution in [1.82, 2.24) is 9.88 Å². The zero-order valence-corrected chi connectivity index (χ0v) is 14.8. The number of carbonyl (C=O) groups excluding carboxylic acids is 1. The zero-order chi connectivity index (χ0) is 17.2. The molecule has 2 N–H and O–H groups in total. The summed E-state index contributed by atoms with van der Waals surface area (Å²) in [6, 6.07) is 12.0. The Morgan fingerprint density at radius 2 is 2.08 bits per heavy atom. The van der Waals surface area contributed by atoms with Gasteiger partial charge in [0.2, 0.25) is 5.91 Å². The molecule has 2 heterocycles. The minimum absolute atomic E-state index is 0.0419. The van der Waals surface area contributed by atoms with Crippen LogP contribution in [-0.2, 0) is 23.9 Å². The molecule has 5 heteroatoms. The molecule has 2 aromatic heterocycles. The molecule has 3 rings (SSSR count). The largest absolute Gasteiger partial charge is 0.383 e. The third-order valence-electron chi connectivity index (χ3n) is 4.28. The average Bonchev–Trinajstić information content (AvgIpc) is 3.21. The number of benzene rings is 1. The zero-order valence-electron chi connectivity index (χ0n) is 14.0. The molecule has 0 aliphatic carbocycles. The van der Waals surface area contributed by atoms with E-state index in [1.54, 1.807) is 6.92 Å². The molecular formula is C19H22N2O2S. The maximum Gasteiger partial charge on any atom is 0.220 e. The fourth-order valence-corrected chi connectivity index (χ4v) is 3.69. The minimum Gasteiger partial charge on any atom is -0.383 e. The standard InChI is InChI=1S/C19H22N2O2S/c1-19(23,17-8-5-11-24-17)13-20-18(22)10-9-14-12-21(2)16-7-4-3-6-15(14)16/h3-8,11-12,23H,9-10,13H2,1-2H3,(H,20,22). The molecule has 0 aliphatic rings. The topological polar surface area (TPSA) is 54.3 Å². The number of hydrogen-bond donors (Lipinski definition) is 2. The van der Waals surface area contributed by atoms with Crippen LogP contribution in [0, 0.1) is 0 Å². The molecule has 3 aromatic rings. The summed E-state index contributed by atoms with van der Waals surface area (Å²) >= 11 is 1.49. The Morgan fingerprint density at radius 1 is 1.29 bits per heavy atom. The number of aliphatic hydroxyl groups is 1. The van der Waals surface area contributed by atoms with Crippen molar-refractivity contribution in [2.45, 2.75) is 25.4 Å². The Labute approximate surface area is 145 Å². The molecule has 0 spiro atoms. The van der Waals surface area contributed by atoms with Gasteiger partial charge in [0.05, 0.1) is 6.54 Å². The lowest BCUT2D eigenvalue weighted by atomic mass is 10.0. The smallest absolute Gasteiger partial charge is 0.220 e. The van der Waals surface area contributed by atoms with Crippen LogP contribution in [0.25, 0.3) is 10.9 Å². The number of para-hydroxylation sites is 1. The molecule has 0 aliphatic heterocycles. The van der Waals surface area contributed by atoms with E-state index in [4.69, 9.17) is 0 Å². The highest BCUT2D eigenvalue weighted by Gasteiger charge is 2.24. The minimum atomic E-state index is -1.02. The Bertz CT molecular complexity index is 834. The second-order valence-corrected chi connectivity index (χ2v) is 7.26. The maximum absolute atomic E-state index is 12.1. The van der Waals surface area contributed by atoms with E-state index in [1.165, 1.54) is 27.8 Å². The molecule has 126 valence electrons. The fourth-order valence-electron chi connectivity index (χ4n) is 2.90. The molecule has 1 amide bonds. The lowest BCUT2D eigenvalue weighted by molar-refractivity contribution is -0.122. The van der Waals surface area contributed by atoms with Crippen LogP contribution in [0.1, 0.15) is 23.8 Å². The molecule has 1 atom stereocenters. The van der Waals surface area contributed by atoms with Crippen LogP contribution in [0.2, 0.25) is 0 Å². The Morgan fingerprint density at radius 3 is 2.83 bits per heavy atom. The SMILES string of the molecule is Cn1cc(CCC(=O)NCC(C)(O)c2cccs2)c2ccccc21. The van der Waals surface area contributed by atoms with Gasteiger partial charge >= 0.3 is 0 Å². The monoisotopic (exact) mass is 342 g/mol. The van der Waals surface area contributed by atoms with Crippen LogP contribution in [0.4, 0.5) is 0 Å². The predicted octanol–water partition coefficient (Wildman–Crippen LogP) is 3.20. The number of amides is 1. The van der Waals surface area contributed by atoms with Crippen molar-refractivity contribution in [2.75, 3.05) is 6.54 Å².